The van der Waals surface area contributed by atoms with E-state index in [0.717, 1.165) is 67.6 Å². The molecule has 2 aliphatic rings. The van der Waals surface area contributed by atoms with Gasteiger partial charge in [0.05, 0.1) is 31.3 Å². The number of ether oxygens (including phenoxy) is 2. The van der Waals surface area contributed by atoms with Gasteiger partial charge in [-0.15, -0.1) is 0 Å². The smallest absolute Gasteiger partial charge is 0.229 e. The van der Waals surface area contributed by atoms with E-state index < -0.39 is 0 Å². The Hall–Kier alpha value is -3.23. The summed E-state index contributed by atoms with van der Waals surface area (Å²) in [6, 6.07) is 12.3. The van der Waals surface area contributed by atoms with E-state index in [0.29, 0.717) is 23.4 Å². The average molecular weight is 523 g/mol. The number of anilines is 5. The van der Waals surface area contributed by atoms with Gasteiger partial charge in [0.25, 0.3) is 0 Å². The fourth-order valence-electron chi connectivity index (χ4n) is 4.95. The van der Waals surface area contributed by atoms with Gasteiger partial charge in [0.1, 0.15) is 16.5 Å². The number of rotatable bonds is 6. The van der Waals surface area contributed by atoms with Crippen LogP contribution >= 0.6 is 11.6 Å². The summed E-state index contributed by atoms with van der Waals surface area (Å²) >= 11 is 6.49. The quantitative estimate of drug-likeness (QED) is 0.419. The van der Waals surface area contributed by atoms with Crippen LogP contribution in [0.25, 0.3) is 0 Å². The number of methoxy groups -OCH3 is 1. The Morgan fingerprint density at radius 2 is 1.86 bits per heavy atom. The molecule has 0 spiro atoms. The second-order valence-corrected chi connectivity index (χ2v) is 10.7. The van der Waals surface area contributed by atoms with E-state index in [1.807, 2.05) is 18.2 Å². The predicted octanol–water partition coefficient (Wildman–Crippen LogP) is 5.83. The van der Waals surface area contributed by atoms with Crippen molar-refractivity contribution in [1.82, 2.24) is 14.9 Å². The normalized spacial score (nSPS) is 17.4. The van der Waals surface area contributed by atoms with Gasteiger partial charge in [-0.3, -0.25) is 0 Å². The van der Waals surface area contributed by atoms with Gasteiger partial charge in [-0.25, -0.2) is 4.98 Å². The Labute approximate surface area is 224 Å². The number of nitrogens with zero attached hydrogens (tertiary/aromatic N) is 4. The number of hydrogen-bond donors (Lipinski definition) is 2. The molecule has 2 aromatic carbocycles. The van der Waals surface area contributed by atoms with E-state index in [-0.39, 0.29) is 5.41 Å². The zero-order valence-corrected chi connectivity index (χ0v) is 22.7. The fraction of sp³-hybridized carbons (Fsp3) is 0.429. The summed E-state index contributed by atoms with van der Waals surface area (Å²) in [4.78, 5) is 13.8. The Bertz CT molecular complexity index is 1260. The summed E-state index contributed by atoms with van der Waals surface area (Å²) in [5, 5.41) is 7.10. The number of nitrogens with one attached hydrogen (secondary N) is 2. The Morgan fingerprint density at radius 1 is 1.05 bits per heavy atom. The van der Waals surface area contributed by atoms with Crippen LogP contribution in [0.4, 0.5) is 28.8 Å². The molecule has 3 heterocycles. The lowest BCUT2D eigenvalue weighted by Gasteiger charge is -2.34. The highest BCUT2D eigenvalue weighted by Crippen LogP contribution is 2.42. The zero-order valence-electron chi connectivity index (χ0n) is 22.0. The van der Waals surface area contributed by atoms with Crippen molar-refractivity contribution in [2.24, 2.45) is 0 Å². The third-order valence-electron chi connectivity index (χ3n) is 7.23. The van der Waals surface area contributed by atoms with E-state index in [4.69, 9.17) is 21.1 Å². The molecular formula is C28H35ClN6O2. The lowest BCUT2D eigenvalue weighted by molar-refractivity contribution is 0.312. The van der Waals surface area contributed by atoms with E-state index in [2.05, 4.69) is 69.5 Å². The van der Waals surface area contributed by atoms with Crippen molar-refractivity contribution >= 4 is 40.4 Å². The molecule has 0 unspecified atom stereocenters. The maximum absolute atomic E-state index is 6.49. The zero-order chi connectivity index (χ0) is 26.0. The molecule has 0 atom stereocenters. The van der Waals surface area contributed by atoms with Crippen LogP contribution in [-0.2, 0) is 5.41 Å². The van der Waals surface area contributed by atoms with Crippen molar-refractivity contribution in [3.05, 3.63) is 53.2 Å². The Kier molecular flexibility index (Phi) is 7.31. The molecule has 2 aliphatic heterocycles. The maximum Gasteiger partial charge on any atom is 0.229 e. The Balaban J connectivity index is 1.38. The van der Waals surface area contributed by atoms with Gasteiger partial charge in [-0.2, -0.15) is 4.98 Å². The average Bonchev–Trinajstić information content (AvgIpc) is 3.05. The minimum Gasteiger partial charge on any atom is -0.494 e. The number of fused-ring (bicyclic) bond motifs is 1. The predicted molar refractivity (Wildman–Crippen MR) is 151 cm³/mol. The molecule has 1 fully saturated rings. The standard InChI is InChI=1S/C28H35ClN6O2/c1-28(2)11-6-16-37-25-20(28)7-5-8-23(25)32-27-30-18-21(29)26(33-27)31-22-10-9-19(17-24(22)36-4)35-14-12-34(3)13-15-35/h5,7-10,17-18H,6,11-16H2,1-4H3,(H2,30,31,32,33). The number of hydrogen-bond acceptors (Lipinski definition) is 8. The van der Waals surface area contributed by atoms with Crippen molar-refractivity contribution in [3.8, 4) is 11.5 Å². The van der Waals surface area contributed by atoms with Crippen LogP contribution in [0.5, 0.6) is 11.5 Å². The molecule has 8 nitrogen and oxygen atoms in total. The van der Waals surface area contributed by atoms with Crippen molar-refractivity contribution in [3.63, 3.8) is 0 Å². The molecule has 0 saturated carbocycles. The summed E-state index contributed by atoms with van der Waals surface area (Å²) < 4.78 is 11.9. The maximum atomic E-state index is 6.49. The molecule has 1 saturated heterocycles. The van der Waals surface area contributed by atoms with E-state index in [1.54, 1.807) is 13.3 Å². The number of benzene rings is 2. The third-order valence-corrected chi connectivity index (χ3v) is 7.51. The second kappa shape index (κ2) is 10.6. The SMILES string of the molecule is COc1cc(N2CCN(C)CC2)ccc1Nc1nc(Nc2cccc3c2OCCCC3(C)C)ncc1Cl. The fourth-order valence-corrected chi connectivity index (χ4v) is 5.09. The molecule has 0 amide bonds. The lowest BCUT2D eigenvalue weighted by atomic mass is 9.80. The highest BCUT2D eigenvalue weighted by molar-refractivity contribution is 6.33. The van der Waals surface area contributed by atoms with Crippen molar-refractivity contribution in [2.45, 2.75) is 32.1 Å². The lowest BCUT2D eigenvalue weighted by Crippen LogP contribution is -2.44. The molecule has 0 radical (unpaired) electrons. The van der Waals surface area contributed by atoms with Gasteiger partial charge < -0.3 is 29.9 Å². The summed E-state index contributed by atoms with van der Waals surface area (Å²) in [7, 11) is 3.83. The van der Waals surface area contributed by atoms with Crippen molar-refractivity contribution in [1.29, 1.82) is 0 Å². The molecule has 0 bridgehead atoms. The second-order valence-electron chi connectivity index (χ2n) is 10.3. The first-order valence-corrected chi connectivity index (χ1v) is 13.2. The summed E-state index contributed by atoms with van der Waals surface area (Å²) in [5.74, 6) is 2.51. The third kappa shape index (κ3) is 5.55. The van der Waals surface area contributed by atoms with Crippen LogP contribution in [-0.4, -0.2) is 61.8 Å². The van der Waals surface area contributed by atoms with E-state index in [1.165, 1.54) is 5.56 Å². The first-order valence-electron chi connectivity index (χ1n) is 12.8. The van der Waals surface area contributed by atoms with Gasteiger partial charge in [-0.05, 0) is 43.5 Å². The minimum atomic E-state index is 0.0317. The number of piperazine rings is 1. The van der Waals surface area contributed by atoms with Crippen LogP contribution in [0.3, 0.4) is 0 Å². The molecule has 1 aromatic heterocycles. The highest BCUT2D eigenvalue weighted by Gasteiger charge is 2.28. The van der Waals surface area contributed by atoms with Gasteiger partial charge in [0, 0.05) is 43.5 Å². The number of aromatic nitrogens is 2. The van der Waals surface area contributed by atoms with Crippen LogP contribution in [0.1, 0.15) is 32.3 Å². The van der Waals surface area contributed by atoms with E-state index in [9.17, 15) is 0 Å². The molecule has 9 heteroatoms. The number of para-hydroxylation sites is 1. The van der Waals surface area contributed by atoms with Crippen LogP contribution in [0.2, 0.25) is 5.02 Å². The highest BCUT2D eigenvalue weighted by atomic mass is 35.5. The first kappa shape index (κ1) is 25.4. The molecule has 0 aliphatic carbocycles. The number of likely N-dealkylation sites (N-methyl/N-ethyl adjacent to an activating group) is 1. The molecule has 37 heavy (non-hydrogen) atoms. The van der Waals surface area contributed by atoms with Gasteiger partial charge in [-0.1, -0.05) is 37.6 Å². The monoisotopic (exact) mass is 522 g/mol. The topological polar surface area (TPSA) is 74.8 Å². The van der Waals surface area contributed by atoms with Crippen molar-refractivity contribution < 1.29 is 9.47 Å². The molecule has 2 N–H and O–H groups in total. The summed E-state index contributed by atoms with van der Waals surface area (Å²) in [6.45, 7) is 9.27. The number of halogens is 1. The van der Waals surface area contributed by atoms with Gasteiger partial charge in [0.15, 0.2) is 5.82 Å². The van der Waals surface area contributed by atoms with Gasteiger partial charge >= 0.3 is 0 Å². The molecule has 3 aromatic rings. The van der Waals surface area contributed by atoms with E-state index >= 15 is 0 Å². The minimum absolute atomic E-state index is 0.0317. The molecule has 196 valence electrons. The summed E-state index contributed by atoms with van der Waals surface area (Å²) in [5.41, 5.74) is 3.98. The van der Waals surface area contributed by atoms with Crippen molar-refractivity contribution in [2.75, 3.05) is 62.5 Å². The largest absolute Gasteiger partial charge is 0.494 e. The Morgan fingerprint density at radius 3 is 2.65 bits per heavy atom. The van der Waals surface area contributed by atoms with Crippen LogP contribution in [0, 0.1) is 0 Å². The van der Waals surface area contributed by atoms with Gasteiger partial charge in [0.2, 0.25) is 5.95 Å². The summed E-state index contributed by atoms with van der Waals surface area (Å²) in [6.07, 6.45) is 3.68. The first-order chi connectivity index (χ1) is 17.8. The van der Waals surface area contributed by atoms with Crippen LogP contribution in [0.15, 0.2) is 42.6 Å². The molecule has 5 rings (SSSR count). The molecular weight excluding hydrogens is 488 g/mol. The van der Waals surface area contributed by atoms with Crippen LogP contribution < -0.4 is 25.0 Å².